The van der Waals surface area contributed by atoms with Gasteiger partial charge in [-0.15, -0.1) is 6.58 Å². The van der Waals surface area contributed by atoms with Crippen LogP contribution in [0.3, 0.4) is 0 Å². The van der Waals surface area contributed by atoms with Gasteiger partial charge in [-0.3, -0.25) is 0 Å². The van der Waals surface area contributed by atoms with Gasteiger partial charge in [0.25, 0.3) is 0 Å². The van der Waals surface area contributed by atoms with Gasteiger partial charge in [0.15, 0.2) is 0 Å². The fraction of sp³-hybridized carbons (Fsp3) is 0.378. The molecule has 0 radical (unpaired) electrons. The number of hydrogen-bond donors (Lipinski definition) is 0. The Morgan fingerprint density at radius 1 is 1.10 bits per heavy atom. The van der Waals surface area contributed by atoms with Crippen LogP contribution in [0, 0.1) is 10.8 Å². The van der Waals surface area contributed by atoms with E-state index in [0.29, 0.717) is 5.75 Å². The summed E-state index contributed by atoms with van der Waals surface area (Å²) in [5.74, 6) is 0.145. The van der Waals surface area contributed by atoms with E-state index in [-0.39, 0.29) is 16.8 Å². The molecule has 0 heterocycles. The fourth-order valence-corrected chi connectivity index (χ4v) is 4.76. The molecule has 1 aliphatic carbocycles. The van der Waals surface area contributed by atoms with E-state index in [9.17, 15) is 4.79 Å². The summed E-state index contributed by atoms with van der Waals surface area (Å²) >= 11 is 0. The number of esters is 1. The number of hydrogen-bond acceptors (Lipinski definition) is 2. The molecule has 39 heavy (non-hydrogen) atoms. The lowest BCUT2D eigenvalue weighted by Gasteiger charge is -2.32. The first-order valence-corrected chi connectivity index (χ1v) is 14.2. The Balaban J connectivity index is 1.93. The predicted octanol–water partition coefficient (Wildman–Crippen LogP) is 10.7. The number of ether oxygens (including phenoxy) is 1. The van der Waals surface area contributed by atoms with Crippen molar-refractivity contribution in [2.75, 3.05) is 0 Å². The molecule has 0 aliphatic heterocycles. The van der Waals surface area contributed by atoms with Crippen LogP contribution in [0.2, 0.25) is 0 Å². The second kappa shape index (κ2) is 15.3. The Labute approximate surface area is 237 Å². The summed E-state index contributed by atoms with van der Waals surface area (Å²) in [4.78, 5) is 12.4. The van der Waals surface area contributed by atoms with Crippen LogP contribution in [0.25, 0.3) is 6.08 Å². The molecule has 0 aromatic heterocycles. The van der Waals surface area contributed by atoms with Gasteiger partial charge in [-0.05, 0) is 94.1 Å². The zero-order chi connectivity index (χ0) is 28.9. The third-order valence-corrected chi connectivity index (χ3v) is 7.43. The summed E-state index contributed by atoms with van der Waals surface area (Å²) in [6.45, 7) is 19.1. The van der Waals surface area contributed by atoms with E-state index in [2.05, 4.69) is 83.7 Å². The molecule has 0 amide bonds. The summed E-state index contributed by atoms with van der Waals surface area (Å²) < 4.78 is 5.51. The van der Waals surface area contributed by atoms with Crippen LogP contribution in [-0.4, -0.2) is 5.97 Å². The van der Waals surface area contributed by atoms with Crippen LogP contribution in [0.1, 0.15) is 86.1 Å². The van der Waals surface area contributed by atoms with E-state index in [1.807, 2.05) is 56.3 Å². The third kappa shape index (κ3) is 11.1. The fourth-order valence-electron chi connectivity index (χ4n) is 4.76. The molecule has 0 saturated carbocycles. The summed E-state index contributed by atoms with van der Waals surface area (Å²) in [6, 6.07) is 7.56. The second-order valence-corrected chi connectivity index (χ2v) is 11.6. The number of carbonyl (C=O) groups excluding carboxylic acids is 1. The lowest BCUT2D eigenvalue weighted by molar-refractivity contribution is -0.129. The maximum atomic E-state index is 12.4. The topological polar surface area (TPSA) is 26.3 Å². The number of allylic oxidation sites excluding steroid dienone is 13. The molecular weight excluding hydrogens is 476 g/mol. The van der Waals surface area contributed by atoms with Crippen LogP contribution in [0.5, 0.6) is 5.75 Å². The van der Waals surface area contributed by atoms with Crippen molar-refractivity contribution in [2.24, 2.45) is 10.8 Å². The zero-order valence-electron chi connectivity index (χ0n) is 25.2. The maximum Gasteiger partial charge on any atom is 0.336 e. The van der Waals surface area contributed by atoms with E-state index < -0.39 is 0 Å². The van der Waals surface area contributed by atoms with Crippen molar-refractivity contribution in [3.8, 4) is 5.75 Å². The highest BCUT2D eigenvalue weighted by Crippen LogP contribution is 2.40. The number of rotatable bonds is 12. The zero-order valence-corrected chi connectivity index (χ0v) is 25.2. The molecule has 0 saturated heterocycles. The Morgan fingerprint density at radius 3 is 2.46 bits per heavy atom. The molecule has 0 unspecified atom stereocenters. The molecule has 2 nitrogen and oxygen atoms in total. The Hall–Kier alpha value is -3.39. The van der Waals surface area contributed by atoms with E-state index >= 15 is 0 Å². The molecule has 0 spiro atoms. The maximum absolute atomic E-state index is 12.4. The van der Waals surface area contributed by atoms with Crippen LogP contribution < -0.4 is 4.74 Å². The molecule has 1 aliphatic rings. The van der Waals surface area contributed by atoms with Gasteiger partial charge < -0.3 is 4.74 Å². The predicted molar refractivity (Wildman–Crippen MR) is 170 cm³/mol. The second-order valence-electron chi connectivity index (χ2n) is 11.6. The first kappa shape index (κ1) is 31.8. The molecule has 1 aromatic carbocycles. The average Bonchev–Trinajstić information content (AvgIpc) is 2.87. The Bertz CT molecular complexity index is 1190. The van der Waals surface area contributed by atoms with Gasteiger partial charge >= 0.3 is 5.97 Å². The average molecular weight is 525 g/mol. The first-order valence-electron chi connectivity index (χ1n) is 14.2. The van der Waals surface area contributed by atoms with E-state index in [4.69, 9.17) is 4.74 Å². The molecular formula is C37H48O2. The highest BCUT2D eigenvalue weighted by Gasteiger charge is 2.26. The monoisotopic (exact) mass is 524 g/mol. The minimum absolute atomic E-state index is 0.0621. The van der Waals surface area contributed by atoms with Gasteiger partial charge in [-0.25, -0.2) is 4.79 Å². The van der Waals surface area contributed by atoms with Crippen molar-refractivity contribution >= 4 is 12.0 Å². The number of carbonyl (C=O) groups is 1. The van der Waals surface area contributed by atoms with Crippen LogP contribution in [-0.2, 0) is 4.79 Å². The Morgan fingerprint density at radius 2 is 1.82 bits per heavy atom. The molecule has 2 heteroatoms. The molecule has 0 N–H and O–H groups in total. The quantitative estimate of drug-likeness (QED) is 0.0893. The largest absolute Gasteiger partial charge is 0.423 e. The summed E-state index contributed by atoms with van der Waals surface area (Å²) in [6.07, 6.45) is 28.2. The van der Waals surface area contributed by atoms with Crippen LogP contribution in [0.4, 0.5) is 0 Å². The molecule has 208 valence electrons. The molecule has 0 fully saturated rings. The van der Waals surface area contributed by atoms with E-state index in [0.717, 1.165) is 24.0 Å². The SMILES string of the molecule is C=C[C@@](C)(/C=C/c1ccc(OC(=O)/C=C(C)/C=C/C=C(C)/C=C/C2=C(C)CCCC2(C)C)cc1)CC/C=C/C. The minimum Gasteiger partial charge on any atom is -0.423 e. The molecule has 0 bridgehead atoms. The van der Waals surface area contributed by atoms with Crippen molar-refractivity contribution in [3.05, 3.63) is 119 Å². The van der Waals surface area contributed by atoms with Gasteiger partial charge in [-0.1, -0.05) is 105 Å². The lowest BCUT2D eigenvalue weighted by atomic mass is 9.72. The molecule has 2 rings (SSSR count). The lowest BCUT2D eigenvalue weighted by Crippen LogP contribution is -2.19. The highest BCUT2D eigenvalue weighted by molar-refractivity contribution is 5.85. The van der Waals surface area contributed by atoms with E-state index in [1.54, 1.807) is 0 Å². The smallest absolute Gasteiger partial charge is 0.336 e. The standard InChI is InChI=1S/C37H48O2/c1-9-11-12-26-37(8,10-2)27-24-32-19-21-33(22-20-32)39-35(38)28-30(4)16-13-15-29(3)18-23-34-31(5)17-14-25-36(34,6)7/h9-11,13,15-16,18-24,27-28H,2,12,14,17,25-26H2,1,3-8H3/b11-9+,16-13+,23-18+,27-24+,29-15+,30-28+/t37-/m1/s1. The Kier molecular flexibility index (Phi) is 12.5. The third-order valence-electron chi connectivity index (χ3n) is 7.43. The van der Waals surface area contributed by atoms with Gasteiger partial charge in [-0.2, -0.15) is 0 Å². The molecule has 1 aromatic rings. The summed E-state index contributed by atoms with van der Waals surface area (Å²) in [7, 11) is 0. The van der Waals surface area contributed by atoms with Crippen molar-refractivity contribution < 1.29 is 9.53 Å². The van der Waals surface area contributed by atoms with E-state index in [1.165, 1.54) is 42.1 Å². The van der Waals surface area contributed by atoms with Crippen LogP contribution in [0.15, 0.2) is 114 Å². The highest BCUT2D eigenvalue weighted by atomic mass is 16.5. The summed E-state index contributed by atoms with van der Waals surface area (Å²) in [5, 5.41) is 0. The van der Waals surface area contributed by atoms with Crippen molar-refractivity contribution in [2.45, 2.75) is 80.6 Å². The van der Waals surface area contributed by atoms with Crippen molar-refractivity contribution in [3.63, 3.8) is 0 Å². The van der Waals surface area contributed by atoms with Gasteiger partial charge in [0, 0.05) is 11.5 Å². The van der Waals surface area contributed by atoms with Gasteiger partial charge in [0.05, 0.1) is 0 Å². The summed E-state index contributed by atoms with van der Waals surface area (Å²) in [5.41, 5.74) is 6.20. The van der Waals surface area contributed by atoms with Crippen molar-refractivity contribution in [1.29, 1.82) is 0 Å². The minimum atomic E-state index is -0.383. The van der Waals surface area contributed by atoms with Gasteiger partial charge in [0.1, 0.15) is 5.75 Å². The molecule has 1 atom stereocenters. The van der Waals surface area contributed by atoms with Crippen LogP contribution >= 0.6 is 0 Å². The normalized spacial score (nSPS) is 18.4. The van der Waals surface area contributed by atoms with Gasteiger partial charge in [0.2, 0.25) is 0 Å². The van der Waals surface area contributed by atoms with Crippen molar-refractivity contribution in [1.82, 2.24) is 0 Å². The first-order chi connectivity index (χ1) is 18.5. The number of benzene rings is 1.